The van der Waals surface area contributed by atoms with E-state index < -0.39 is 0 Å². The van der Waals surface area contributed by atoms with E-state index >= 15 is 0 Å². The molecular weight excluding hydrogens is 208 g/mol. The third-order valence-corrected chi connectivity index (χ3v) is 3.57. The van der Waals surface area contributed by atoms with Crippen molar-refractivity contribution >= 4 is 6.08 Å². The van der Waals surface area contributed by atoms with Crippen LogP contribution >= 0.6 is 0 Å². The van der Waals surface area contributed by atoms with Gasteiger partial charge in [0.25, 0.3) is 0 Å². The van der Waals surface area contributed by atoms with Gasteiger partial charge in [-0.25, -0.2) is 0 Å². The molecule has 0 radical (unpaired) electrons. The van der Waals surface area contributed by atoms with Crippen molar-refractivity contribution in [1.29, 1.82) is 0 Å². The van der Waals surface area contributed by atoms with Gasteiger partial charge in [0, 0.05) is 19.1 Å². The minimum Gasteiger partial charge on any atom is -0.326 e. The van der Waals surface area contributed by atoms with Crippen LogP contribution in [0.1, 0.15) is 18.9 Å². The molecule has 92 valence electrons. The molecule has 0 aromatic heterocycles. The second kappa shape index (κ2) is 5.99. The summed E-state index contributed by atoms with van der Waals surface area (Å²) in [7, 11) is 0. The number of benzene rings is 1. The minimum atomic E-state index is 0.342. The molecule has 2 N–H and O–H groups in total. The van der Waals surface area contributed by atoms with Crippen molar-refractivity contribution in [2.75, 3.05) is 19.6 Å². The molecule has 1 aromatic carbocycles. The van der Waals surface area contributed by atoms with E-state index in [4.69, 9.17) is 5.73 Å². The number of nitrogens with two attached hydrogens (primary N) is 1. The first-order valence-corrected chi connectivity index (χ1v) is 6.45. The van der Waals surface area contributed by atoms with Crippen molar-refractivity contribution in [1.82, 2.24) is 4.90 Å². The quantitative estimate of drug-likeness (QED) is 0.863. The average Bonchev–Trinajstić information content (AvgIpc) is 2.35. The standard InChI is InChI=1S/C15H22N2/c1-13-9-11-17(12-15(13)16)10-5-8-14-6-3-2-4-7-14/h2-8,13,15H,9-12,16H2,1H3. The molecule has 2 rings (SSSR count). The zero-order valence-corrected chi connectivity index (χ0v) is 10.5. The molecule has 1 aliphatic rings. The first-order chi connectivity index (χ1) is 8.25. The largest absolute Gasteiger partial charge is 0.326 e. The van der Waals surface area contributed by atoms with Crippen LogP contribution in [0.5, 0.6) is 0 Å². The molecule has 0 aliphatic carbocycles. The van der Waals surface area contributed by atoms with E-state index in [2.05, 4.69) is 48.2 Å². The van der Waals surface area contributed by atoms with Crippen molar-refractivity contribution < 1.29 is 0 Å². The van der Waals surface area contributed by atoms with E-state index in [-0.39, 0.29) is 0 Å². The first kappa shape index (κ1) is 12.3. The Bertz CT molecular complexity index is 358. The predicted molar refractivity (Wildman–Crippen MR) is 73.7 cm³/mol. The lowest BCUT2D eigenvalue weighted by atomic mass is 9.94. The fraction of sp³-hybridized carbons (Fsp3) is 0.467. The van der Waals surface area contributed by atoms with Gasteiger partial charge in [0.05, 0.1) is 0 Å². The summed E-state index contributed by atoms with van der Waals surface area (Å²) in [5.74, 6) is 0.671. The Balaban J connectivity index is 1.81. The number of rotatable bonds is 3. The Hall–Kier alpha value is -1.12. The Kier molecular flexibility index (Phi) is 4.35. The summed E-state index contributed by atoms with van der Waals surface area (Å²) >= 11 is 0. The molecule has 0 saturated carbocycles. The summed E-state index contributed by atoms with van der Waals surface area (Å²) in [5, 5.41) is 0. The Labute approximate surface area is 104 Å². The summed E-state index contributed by atoms with van der Waals surface area (Å²) in [5.41, 5.74) is 7.35. The van der Waals surface area contributed by atoms with E-state index in [0.29, 0.717) is 12.0 Å². The zero-order valence-electron chi connectivity index (χ0n) is 10.5. The first-order valence-electron chi connectivity index (χ1n) is 6.45. The number of hydrogen-bond donors (Lipinski definition) is 1. The Morgan fingerprint density at radius 2 is 2.12 bits per heavy atom. The van der Waals surface area contributed by atoms with Crippen LogP contribution in [0, 0.1) is 5.92 Å². The fourth-order valence-electron chi connectivity index (χ4n) is 2.24. The molecule has 1 saturated heterocycles. The third kappa shape index (κ3) is 3.69. The molecule has 2 atom stereocenters. The van der Waals surface area contributed by atoms with Gasteiger partial charge in [0.1, 0.15) is 0 Å². The van der Waals surface area contributed by atoms with Crippen LogP contribution in [0.4, 0.5) is 0 Å². The Morgan fingerprint density at radius 1 is 1.35 bits per heavy atom. The summed E-state index contributed by atoms with van der Waals surface area (Å²) < 4.78 is 0. The highest BCUT2D eigenvalue weighted by molar-refractivity contribution is 5.48. The van der Waals surface area contributed by atoms with Crippen molar-refractivity contribution in [3.05, 3.63) is 42.0 Å². The molecule has 2 heteroatoms. The van der Waals surface area contributed by atoms with Gasteiger partial charge in [-0.05, 0) is 24.4 Å². The highest BCUT2D eigenvalue weighted by atomic mass is 15.1. The molecule has 1 aromatic rings. The summed E-state index contributed by atoms with van der Waals surface area (Å²) in [6.07, 6.45) is 5.64. The van der Waals surface area contributed by atoms with Gasteiger partial charge in [0.15, 0.2) is 0 Å². The second-order valence-electron chi connectivity index (χ2n) is 5.00. The van der Waals surface area contributed by atoms with Gasteiger partial charge in [0.2, 0.25) is 0 Å². The highest BCUT2D eigenvalue weighted by Crippen LogP contribution is 2.15. The highest BCUT2D eigenvalue weighted by Gasteiger charge is 2.21. The minimum absolute atomic E-state index is 0.342. The normalized spacial score (nSPS) is 26.5. The molecule has 2 nitrogen and oxygen atoms in total. The molecule has 1 aliphatic heterocycles. The lowest BCUT2D eigenvalue weighted by molar-refractivity contribution is 0.184. The van der Waals surface area contributed by atoms with Crippen molar-refractivity contribution in [3.8, 4) is 0 Å². The molecule has 1 fully saturated rings. The SMILES string of the molecule is CC1CCN(CC=Cc2ccccc2)CC1N. The van der Waals surface area contributed by atoms with E-state index in [1.54, 1.807) is 0 Å². The number of nitrogens with zero attached hydrogens (tertiary/aromatic N) is 1. The Morgan fingerprint density at radius 3 is 2.82 bits per heavy atom. The van der Waals surface area contributed by atoms with Crippen LogP contribution in [0.25, 0.3) is 6.08 Å². The molecule has 17 heavy (non-hydrogen) atoms. The van der Waals surface area contributed by atoms with Gasteiger partial charge in [-0.1, -0.05) is 49.4 Å². The van der Waals surface area contributed by atoms with Crippen molar-refractivity contribution in [2.24, 2.45) is 11.7 Å². The number of piperidine rings is 1. The lowest BCUT2D eigenvalue weighted by Gasteiger charge is -2.34. The lowest BCUT2D eigenvalue weighted by Crippen LogP contribution is -2.47. The maximum Gasteiger partial charge on any atom is 0.0194 e. The topological polar surface area (TPSA) is 29.3 Å². The van der Waals surface area contributed by atoms with Gasteiger partial charge >= 0.3 is 0 Å². The third-order valence-electron chi connectivity index (χ3n) is 3.57. The molecule has 0 amide bonds. The second-order valence-corrected chi connectivity index (χ2v) is 5.00. The predicted octanol–water partition coefficient (Wildman–Crippen LogP) is 2.37. The smallest absolute Gasteiger partial charge is 0.0194 e. The van der Waals surface area contributed by atoms with Crippen LogP contribution in [0.15, 0.2) is 36.4 Å². The van der Waals surface area contributed by atoms with Crippen LogP contribution < -0.4 is 5.73 Å². The molecular formula is C15H22N2. The monoisotopic (exact) mass is 230 g/mol. The molecule has 1 heterocycles. The summed E-state index contributed by atoms with van der Waals surface area (Å²) in [6, 6.07) is 10.8. The maximum absolute atomic E-state index is 6.09. The fourth-order valence-corrected chi connectivity index (χ4v) is 2.24. The average molecular weight is 230 g/mol. The van der Waals surface area contributed by atoms with E-state index in [9.17, 15) is 0 Å². The van der Waals surface area contributed by atoms with Gasteiger partial charge in [-0.2, -0.15) is 0 Å². The zero-order chi connectivity index (χ0) is 12.1. The molecule has 0 bridgehead atoms. The number of hydrogen-bond acceptors (Lipinski definition) is 2. The van der Waals surface area contributed by atoms with Crippen LogP contribution in [0.2, 0.25) is 0 Å². The maximum atomic E-state index is 6.09. The summed E-state index contributed by atoms with van der Waals surface area (Å²) in [4.78, 5) is 2.43. The molecule has 2 unspecified atom stereocenters. The van der Waals surface area contributed by atoms with Crippen molar-refractivity contribution in [2.45, 2.75) is 19.4 Å². The summed E-state index contributed by atoms with van der Waals surface area (Å²) in [6.45, 7) is 5.46. The van der Waals surface area contributed by atoms with Crippen molar-refractivity contribution in [3.63, 3.8) is 0 Å². The number of likely N-dealkylation sites (tertiary alicyclic amines) is 1. The van der Waals surface area contributed by atoms with Crippen LogP contribution in [0.3, 0.4) is 0 Å². The molecule has 0 spiro atoms. The van der Waals surface area contributed by atoms with Gasteiger partial charge < -0.3 is 5.73 Å². The van der Waals surface area contributed by atoms with E-state index in [0.717, 1.165) is 13.1 Å². The van der Waals surface area contributed by atoms with Gasteiger partial charge in [-0.3, -0.25) is 4.90 Å². The van der Waals surface area contributed by atoms with E-state index in [1.165, 1.54) is 18.5 Å². The van der Waals surface area contributed by atoms with Crippen LogP contribution in [-0.2, 0) is 0 Å². The van der Waals surface area contributed by atoms with E-state index in [1.807, 2.05) is 6.07 Å². The van der Waals surface area contributed by atoms with Crippen LogP contribution in [-0.4, -0.2) is 30.6 Å². The van der Waals surface area contributed by atoms with Gasteiger partial charge in [-0.15, -0.1) is 0 Å².